The minimum Gasteiger partial charge on any atom is -0.464 e. The van der Waals surface area contributed by atoms with Gasteiger partial charge in [0, 0.05) is 6.20 Å². The van der Waals surface area contributed by atoms with E-state index in [-0.39, 0.29) is 16.6 Å². The fraction of sp³-hybridized carbons (Fsp3) is 0.0714. The summed E-state index contributed by atoms with van der Waals surface area (Å²) in [5.41, 5.74) is -0.810. The molecule has 0 spiro atoms. The summed E-state index contributed by atoms with van der Waals surface area (Å²) in [6, 6.07) is 9.44. The number of ether oxygens (including phenoxy) is 1. The molecular formula is C14H10N2O4. The molecule has 0 bridgehead atoms. The van der Waals surface area contributed by atoms with Crippen LogP contribution in [-0.4, -0.2) is 22.1 Å². The highest BCUT2D eigenvalue weighted by molar-refractivity contribution is 5.88. The Balaban J connectivity index is 2.64. The second kappa shape index (κ2) is 4.34. The van der Waals surface area contributed by atoms with Gasteiger partial charge in [0.15, 0.2) is 5.69 Å². The van der Waals surface area contributed by atoms with E-state index < -0.39 is 11.5 Å². The van der Waals surface area contributed by atoms with E-state index in [0.717, 1.165) is 9.03 Å². The van der Waals surface area contributed by atoms with Crippen molar-refractivity contribution in [3.8, 4) is 0 Å². The molecule has 6 nitrogen and oxygen atoms in total. The highest BCUT2D eigenvalue weighted by Gasteiger charge is 2.15. The molecule has 0 radical (unpaired) electrons. The molecular weight excluding hydrogens is 260 g/mol. The minimum atomic E-state index is -0.681. The first kappa shape index (κ1) is 12.2. The number of rotatable bonds is 1. The number of methoxy groups -OCH3 is 1. The fourth-order valence-electron chi connectivity index (χ4n) is 2.19. The molecule has 3 rings (SSSR count). The monoisotopic (exact) mass is 270 g/mol. The molecule has 2 aromatic heterocycles. The zero-order valence-corrected chi connectivity index (χ0v) is 10.6. The third kappa shape index (κ3) is 1.55. The van der Waals surface area contributed by atoms with Crippen molar-refractivity contribution in [1.29, 1.82) is 0 Å². The Labute approximate surface area is 112 Å². The number of fused-ring (bicyclic) bond motifs is 2. The second-order valence-corrected chi connectivity index (χ2v) is 4.20. The van der Waals surface area contributed by atoms with Crippen LogP contribution in [0.2, 0.25) is 0 Å². The first-order chi connectivity index (χ1) is 9.65. The van der Waals surface area contributed by atoms with Gasteiger partial charge in [-0.25, -0.2) is 13.8 Å². The summed E-state index contributed by atoms with van der Waals surface area (Å²) < 4.78 is 6.77. The lowest BCUT2D eigenvalue weighted by atomic mass is 10.2. The number of benzene rings is 1. The van der Waals surface area contributed by atoms with Crippen LogP contribution in [0.1, 0.15) is 10.5 Å². The Morgan fingerprint density at radius 3 is 2.30 bits per heavy atom. The summed E-state index contributed by atoms with van der Waals surface area (Å²) in [5.74, 6) is -0.681. The topological polar surface area (TPSA) is 69.3 Å². The molecule has 6 heteroatoms. The summed E-state index contributed by atoms with van der Waals surface area (Å²) >= 11 is 0. The quantitative estimate of drug-likeness (QED) is 0.482. The standard InChI is InChI=1S/C14H10N2O4/c1-20-14(19)11-7-4-8-15-12(17)9-5-2-3-6-10(9)13(18)16(11)15/h2-8H,1H3. The van der Waals surface area contributed by atoms with E-state index in [4.69, 9.17) is 0 Å². The molecule has 0 atom stereocenters. The first-order valence-electron chi connectivity index (χ1n) is 5.89. The van der Waals surface area contributed by atoms with Gasteiger partial charge in [-0.1, -0.05) is 12.1 Å². The van der Waals surface area contributed by atoms with Crippen LogP contribution in [0.5, 0.6) is 0 Å². The number of carbonyl (C=O) groups is 1. The van der Waals surface area contributed by atoms with E-state index in [0.29, 0.717) is 5.39 Å². The maximum atomic E-state index is 12.5. The van der Waals surface area contributed by atoms with E-state index in [1.54, 1.807) is 24.3 Å². The molecule has 2 heterocycles. The average Bonchev–Trinajstić information content (AvgIpc) is 2.51. The summed E-state index contributed by atoms with van der Waals surface area (Å²) in [7, 11) is 1.22. The van der Waals surface area contributed by atoms with Crippen molar-refractivity contribution in [2.24, 2.45) is 0 Å². The van der Waals surface area contributed by atoms with Crippen molar-refractivity contribution in [3.05, 3.63) is 69.0 Å². The van der Waals surface area contributed by atoms with Crippen LogP contribution in [0, 0.1) is 0 Å². The van der Waals surface area contributed by atoms with Crippen molar-refractivity contribution < 1.29 is 9.53 Å². The number of hydrogen-bond donors (Lipinski definition) is 0. The second-order valence-electron chi connectivity index (χ2n) is 4.20. The minimum absolute atomic E-state index is 0.00264. The van der Waals surface area contributed by atoms with E-state index in [2.05, 4.69) is 4.74 Å². The van der Waals surface area contributed by atoms with Gasteiger partial charge < -0.3 is 4.74 Å². The van der Waals surface area contributed by atoms with Gasteiger partial charge in [-0.2, -0.15) is 0 Å². The summed E-state index contributed by atoms with van der Waals surface area (Å²) in [6.45, 7) is 0. The lowest BCUT2D eigenvalue weighted by Gasteiger charge is -2.09. The molecule has 0 saturated carbocycles. The Morgan fingerprint density at radius 2 is 1.65 bits per heavy atom. The molecule has 100 valence electrons. The molecule has 0 N–H and O–H groups in total. The summed E-state index contributed by atoms with van der Waals surface area (Å²) in [4.78, 5) is 36.6. The number of hydrogen-bond acceptors (Lipinski definition) is 4. The number of nitrogens with zero attached hydrogens (tertiary/aromatic N) is 2. The maximum Gasteiger partial charge on any atom is 0.356 e. The van der Waals surface area contributed by atoms with Gasteiger partial charge in [-0.15, -0.1) is 0 Å². The van der Waals surface area contributed by atoms with E-state index in [9.17, 15) is 14.4 Å². The Hall–Kier alpha value is -2.89. The maximum absolute atomic E-state index is 12.5. The van der Waals surface area contributed by atoms with Crippen LogP contribution in [0.15, 0.2) is 52.2 Å². The zero-order chi connectivity index (χ0) is 14.3. The van der Waals surface area contributed by atoms with Crippen LogP contribution in [0.4, 0.5) is 0 Å². The fourth-order valence-corrected chi connectivity index (χ4v) is 2.19. The number of aromatic nitrogens is 2. The number of esters is 1. The molecule has 0 aliphatic carbocycles. The smallest absolute Gasteiger partial charge is 0.356 e. The third-order valence-corrected chi connectivity index (χ3v) is 3.11. The normalized spacial score (nSPS) is 10.8. The van der Waals surface area contributed by atoms with Crippen LogP contribution < -0.4 is 11.1 Å². The third-order valence-electron chi connectivity index (χ3n) is 3.11. The molecule has 1 aromatic carbocycles. The Bertz CT molecular complexity index is 953. The van der Waals surface area contributed by atoms with Gasteiger partial charge in [-0.05, 0) is 24.3 Å². The predicted octanol–water partition coefficient (Wildman–Crippen LogP) is 0.699. The highest BCUT2D eigenvalue weighted by atomic mass is 16.5. The van der Waals surface area contributed by atoms with Gasteiger partial charge >= 0.3 is 5.97 Å². The molecule has 0 saturated heterocycles. The van der Waals surface area contributed by atoms with Gasteiger partial charge in [0.2, 0.25) is 0 Å². The van der Waals surface area contributed by atoms with Crippen LogP contribution in [0.3, 0.4) is 0 Å². The van der Waals surface area contributed by atoms with E-state index >= 15 is 0 Å². The largest absolute Gasteiger partial charge is 0.464 e. The van der Waals surface area contributed by atoms with Crippen molar-refractivity contribution in [3.63, 3.8) is 0 Å². The zero-order valence-electron chi connectivity index (χ0n) is 10.6. The highest BCUT2D eigenvalue weighted by Crippen LogP contribution is 2.05. The molecule has 0 amide bonds. The van der Waals surface area contributed by atoms with E-state index in [1.807, 2.05) is 0 Å². The van der Waals surface area contributed by atoms with Crippen molar-refractivity contribution >= 4 is 16.7 Å². The van der Waals surface area contributed by atoms with Crippen molar-refractivity contribution in [2.45, 2.75) is 0 Å². The van der Waals surface area contributed by atoms with Gasteiger partial charge in [0.1, 0.15) is 0 Å². The molecule has 20 heavy (non-hydrogen) atoms. The molecule has 3 aromatic rings. The van der Waals surface area contributed by atoms with Gasteiger partial charge in [0.05, 0.1) is 17.9 Å². The van der Waals surface area contributed by atoms with Crippen LogP contribution in [-0.2, 0) is 4.74 Å². The van der Waals surface area contributed by atoms with E-state index in [1.165, 1.54) is 25.4 Å². The van der Waals surface area contributed by atoms with Crippen molar-refractivity contribution in [2.75, 3.05) is 7.11 Å². The van der Waals surface area contributed by atoms with Gasteiger partial charge in [0.25, 0.3) is 11.1 Å². The Kier molecular flexibility index (Phi) is 2.64. The average molecular weight is 270 g/mol. The lowest BCUT2D eigenvalue weighted by Crippen LogP contribution is -2.33. The molecule has 0 aliphatic rings. The number of carbonyl (C=O) groups excluding carboxylic acids is 1. The molecule has 0 aliphatic heterocycles. The van der Waals surface area contributed by atoms with Crippen LogP contribution >= 0.6 is 0 Å². The predicted molar refractivity (Wildman–Crippen MR) is 72.2 cm³/mol. The Morgan fingerprint density at radius 1 is 1.00 bits per heavy atom. The molecule has 0 unspecified atom stereocenters. The summed E-state index contributed by atoms with van der Waals surface area (Å²) in [6.07, 6.45) is 1.43. The summed E-state index contributed by atoms with van der Waals surface area (Å²) in [5, 5.41) is 0.573. The molecule has 0 fully saturated rings. The van der Waals surface area contributed by atoms with Crippen LogP contribution in [0.25, 0.3) is 10.8 Å². The van der Waals surface area contributed by atoms with Gasteiger partial charge in [-0.3, -0.25) is 9.59 Å². The first-order valence-corrected chi connectivity index (χ1v) is 5.89. The lowest BCUT2D eigenvalue weighted by molar-refractivity contribution is 0.0588. The SMILES string of the molecule is COC(=O)c1cccn2c(=O)c3ccccc3c(=O)n12. The van der Waals surface area contributed by atoms with Crippen molar-refractivity contribution in [1.82, 2.24) is 9.03 Å².